The summed E-state index contributed by atoms with van der Waals surface area (Å²) in [5, 5.41) is 8.57. The van der Waals surface area contributed by atoms with Crippen molar-refractivity contribution in [3.05, 3.63) is 42.5 Å². The molecule has 0 aliphatic carbocycles. The molecule has 0 unspecified atom stereocenters. The molecule has 0 bridgehead atoms. The number of nitrogens with zero attached hydrogens (tertiary/aromatic N) is 2. The highest BCUT2D eigenvalue weighted by Gasteiger charge is 2.19. The van der Waals surface area contributed by atoms with Gasteiger partial charge in [-0.2, -0.15) is 5.26 Å². The van der Waals surface area contributed by atoms with E-state index in [0.717, 1.165) is 18.4 Å². The summed E-state index contributed by atoms with van der Waals surface area (Å²) in [6, 6.07) is 8.47. The van der Waals surface area contributed by atoms with Crippen molar-refractivity contribution in [1.82, 2.24) is 4.31 Å². The maximum absolute atomic E-state index is 12.2. The molecule has 0 amide bonds. The molecule has 19 heavy (non-hydrogen) atoms. The molecule has 0 aliphatic heterocycles. The molecule has 0 fully saturated rings. The molecule has 0 spiro atoms. The molecule has 0 heterocycles. The molecule has 0 aliphatic rings. The van der Waals surface area contributed by atoms with Crippen molar-refractivity contribution in [2.24, 2.45) is 0 Å². The largest absolute Gasteiger partial charge is 0.242 e. The molecule has 4 nitrogen and oxygen atoms in total. The fourth-order valence-corrected chi connectivity index (χ4v) is 2.84. The second kappa shape index (κ2) is 7.07. The van der Waals surface area contributed by atoms with Gasteiger partial charge in [0.1, 0.15) is 0 Å². The Balaban J connectivity index is 2.81. The summed E-state index contributed by atoms with van der Waals surface area (Å²) in [4.78, 5) is 0.260. The molecular weight excluding hydrogens is 260 g/mol. The molecule has 5 heteroatoms. The first-order valence-corrected chi connectivity index (χ1v) is 7.49. The van der Waals surface area contributed by atoms with Gasteiger partial charge in [0.05, 0.1) is 17.4 Å². The van der Waals surface area contributed by atoms with E-state index in [1.165, 1.54) is 4.31 Å². The first-order valence-electron chi connectivity index (χ1n) is 6.05. The lowest BCUT2D eigenvalue weighted by molar-refractivity contribution is 0.463. The first kappa shape index (κ1) is 15.4. The Morgan fingerprint density at radius 3 is 2.53 bits per heavy atom. The van der Waals surface area contributed by atoms with Gasteiger partial charge >= 0.3 is 0 Å². The molecule has 1 aromatic carbocycles. The van der Waals surface area contributed by atoms with Crippen LogP contribution in [0.5, 0.6) is 0 Å². The van der Waals surface area contributed by atoms with Crippen LogP contribution >= 0.6 is 0 Å². The Kier molecular flexibility index (Phi) is 5.74. The van der Waals surface area contributed by atoms with E-state index >= 15 is 0 Å². The Morgan fingerprint density at radius 1 is 1.37 bits per heavy atom. The van der Waals surface area contributed by atoms with Crippen molar-refractivity contribution in [2.75, 3.05) is 13.6 Å². The third-order valence-corrected chi connectivity index (χ3v) is 4.67. The zero-order valence-electron chi connectivity index (χ0n) is 11.0. The maximum atomic E-state index is 12.2. The number of unbranched alkanes of at least 4 members (excludes halogenated alkanes) is 1. The van der Waals surface area contributed by atoms with Crippen molar-refractivity contribution in [2.45, 2.75) is 24.2 Å². The van der Waals surface area contributed by atoms with Gasteiger partial charge in [-0.3, -0.25) is 0 Å². The Morgan fingerprint density at radius 2 is 2.00 bits per heavy atom. The lowest BCUT2D eigenvalue weighted by Gasteiger charge is -2.16. The average Bonchev–Trinajstić information content (AvgIpc) is 2.40. The number of hydrogen-bond acceptors (Lipinski definition) is 3. The average molecular weight is 278 g/mol. The van der Waals surface area contributed by atoms with E-state index in [1.54, 1.807) is 37.4 Å². The van der Waals surface area contributed by atoms with Crippen LogP contribution in [0.4, 0.5) is 0 Å². The number of hydrogen-bond donors (Lipinski definition) is 0. The van der Waals surface area contributed by atoms with Crippen LogP contribution in [0, 0.1) is 11.3 Å². The third kappa shape index (κ3) is 4.19. The minimum atomic E-state index is -3.44. The lowest BCUT2D eigenvalue weighted by atomic mass is 10.2. The van der Waals surface area contributed by atoms with Crippen molar-refractivity contribution < 1.29 is 8.42 Å². The van der Waals surface area contributed by atoms with E-state index < -0.39 is 10.0 Å². The predicted molar refractivity (Wildman–Crippen MR) is 75.0 cm³/mol. The van der Waals surface area contributed by atoms with Crippen LogP contribution in [-0.2, 0) is 16.4 Å². The molecule has 0 aromatic heterocycles. The van der Waals surface area contributed by atoms with E-state index in [2.05, 4.69) is 6.58 Å². The van der Waals surface area contributed by atoms with Crippen LogP contribution in [0.1, 0.15) is 18.4 Å². The van der Waals surface area contributed by atoms with Crippen LogP contribution < -0.4 is 0 Å². The topological polar surface area (TPSA) is 61.2 Å². The summed E-state index contributed by atoms with van der Waals surface area (Å²) in [5.41, 5.74) is 0.816. The second-order valence-electron chi connectivity index (χ2n) is 4.24. The van der Waals surface area contributed by atoms with Gasteiger partial charge in [0.2, 0.25) is 10.0 Å². The predicted octanol–water partition coefficient (Wildman–Crippen LogP) is 2.34. The minimum absolute atomic E-state index is 0.260. The molecule has 0 atom stereocenters. The van der Waals surface area contributed by atoms with Crippen molar-refractivity contribution in [3.8, 4) is 6.07 Å². The van der Waals surface area contributed by atoms with Gasteiger partial charge in [-0.15, -0.1) is 6.58 Å². The van der Waals surface area contributed by atoms with Gasteiger partial charge in [-0.25, -0.2) is 12.7 Å². The number of rotatable bonds is 7. The quantitative estimate of drug-likeness (QED) is 0.568. The lowest BCUT2D eigenvalue weighted by Crippen LogP contribution is -2.27. The van der Waals surface area contributed by atoms with Crippen molar-refractivity contribution >= 4 is 10.0 Å². The van der Waals surface area contributed by atoms with Crippen LogP contribution in [0.3, 0.4) is 0 Å². The first-order chi connectivity index (χ1) is 9.02. The van der Waals surface area contributed by atoms with Crippen molar-refractivity contribution in [3.63, 3.8) is 0 Å². The summed E-state index contributed by atoms with van der Waals surface area (Å²) in [7, 11) is -1.86. The Hall–Kier alpha value is -1.64. The highest BCUT2D eigenvalue weighted by Crippen LogP contribution is 2.16. The van der Waals surface area contributed by atoms with Crippen LogP contribution in [0.2, 0.25) is 0 Å². The molecule has 0 radical (unpaired) electrons. The van der Waals surface area contributed by atoms with Gasteiger partial charge in [0.25, 0.3) is 0 Å². The summed E-state index contributed by atoms with van der Waals surface area (Å²) in [6.07, 6.45) is 3.61. The van der Waals surface area contributed by atoms with Gasteiger partial charge in [0.15, 0.2) is 0 Å². The monoisotopic (exact) mass is 278 g/mol. The Bertz CT molecular complexity index is 556. The van der Waals surface area contributed by atoms with Gasteiger partial charge in [-0.1, -0.05) is 18.2 Å². The van der Waals surface area contributed by atoms with E-state index in [1.807, 2.05) is 6.07 Å². The molecular formula is C14H18N2O2S. The summed E-state index contributed by atoms with van der Waals surface area (Å²) in [6.45, 7) is 4.08. The standard InChI is InChI=1S/C14H18N2O2S/c1-3-4-5-12-16(2)19(17,18)14-8-6-13(7-9-14)10-11-15/h3,6-9H,1,4-5,10,12H2,2H3. The number of nitriles is 1. The number of allylic oxidation sites excluding steroid dienone is 1. The molecule has 0 saturated carbocycles. The minimum Gasteiger partial charge on any atom is -0.207 e. The highest BCUT2D eigenvalue weighted by atomic mass is 32.2. The van der Waals surface area contributed by atoms with Gasteiger partial charge in [-0.05, 0) is 30.5 Å². The molecule has 1 aromatic rings. The zero-order chi connectivity index (χ0) is 14.3. The molecule has 1 rings (SSSR count). The van der Waals surface area contributed by atoms with Gasteiger partial charge < -0.3 is 0 Å². The van der Waals surface area contributed by atoms with Crippen molar-refractivity contribution in [1.29, 1.82) is 5.26 Å². The fourth-order valence-electron chi connectivity index (χ4n) is 1.63. The summed E-state index contributed by atoms with van der Waals surface area (Å²) >= 11 is 0. The second-order valence-corrected chi connectivity index (χ2v) is 6.28. The molecule has 0 N–H and O–H groups in total. The SMILES string of the molecule is C=CCCCN(C)S(=O)(=O)c1ccc(CC#N)cc1. The van der Waals surface area contributed by atoms with E-state index in [9.17, 15) is 8.42 Å². The van der Waals surface area contributed by atoms with Crippen LogP contribution in [-0.4, -0.2) is 26.3 Å². The van der Waals surface area contributed by atoms with E-state index in [4.69, 9.17) is 5.26 Å². The Labute approximate surface area is 115 Å². The highest BCUT2D eigenvalue weighted by molar-refractivity contribution is 7.89. The zero-order valence-corrected chi connectivity index (χ0v) is 11.9. The summed E-state index contributed by atoms with van der Waals surface area (Å²) < 4.78 is 25.8. The number of sulfonamides is 1. The normalized spacial score (nSPS) is 11.2. The molecule has 0 saturated heterocycles. The third-order valence-electron chi connectivity index (χ3n) is 2.80. The van der Waals surface area contributed by atoms with Crippen LogP contribution in [0.15, 0.2) is 41.8 Å². The maximum Gasteiger partial charge on any atom is 0.242 e. The summed E-state index contributed by atoms with van der Waals surface area (Å²) in [5.74, 6) is 0. The van der Waals surface area contributed by atoms with Gasteiger partial charge in [0, 0.05) is 13.6 Å². The van der Waals surface area contributed by atoms with E-state index in [0.29, 0.717) is 6.54 Å². The fraction of sp³-hybridized carbons (Fsp3) is 0.357. The molecule has 102 valence electrons. The smallest absolute Gasteiger partial charge is 0.207 e. The number of benzene rings is 1. The van der Waals surface area contributed by atoms with Crippen LogP contribution in [0.25, 0.3) is 0 Å². The van der Waals surface area contributed by atoms with E-state index in [-0.39, 0.29) is 11.3 Å².